The number of hydrogen-bond acceptors (Lipinski definition) is 6. The topological polar surface area (TPSA) is 118 Å². The van der Waals surface area contributed by atoms with Gasteiger partial charge in [-0.3, -0.25) is 14.4 Å². The Balaban J connectivity index is 1.86. The molecule has 2 aromatic rings. The van der Waals surface area contributed by atoms with Crippen LogP contribution in [-0.2, 0) is 14.4 Å². The van der Waals surface area contributed by atoms with Crippen LogP contribution in [0.1, 0.15) is 25.8 Å². The number of anilines is 2. The minimum Gasteiger partial charge on any atom is -0.495 e. The molecule has 0 aromatic heterocycles. The van der Waals surface area contributed by atoms with Crippen LogP contribution in [0.3, 0.4) is 0 Å². The first-order valence-electron chi connectivity index (χ1n) is 9.64. The fourth-order valence-corrected chi connectivity index (χ4v) is 2.57. The van der Waals surface area contributed by atoms with E-state index in [1.165, 1.54) is 7.11 Å². The molecule has 9 nitrogen and oxygen atoms in total. The minimum atomic E-state index is -0.963. The third-order valence-electron chi connectivity index (χ3n) is 4.02. The molecular formula is C22H26N4O5. The van der Waals surface area contributed by atoms with Crippen molar-refractivity contribution < 1.29 is 23.9 Å². The van der Waals surface area contributed by atoms with Crippen LogP contribution in [0.5, 0.6) is 11.5 Å². The van der Waals surface area contributed by atoms with E-state index in [9.17, 15) is 14.4 Å². The predicted molar refractivity (Wildman–Crippen MR) is 118 cm³/mol. The molecule has 0 heterocycles. The van der Waals surface area contributed by atoms with Crippen LogP contribution in [0.15, 0.2) is 47.6 Å². The van der Waals surface area contributed by atoms with Crippen molar-refractivity contribution in [1.82, 2.24) is 5.43 Å². The Hall–Kier alpha value is -3.88. The Morgan fingerprint density at radius 1 is 1.00 bits per heavy atom. The van der Waals surface area contributed by atoms with Gasteiger partial charge in [0.2, 0.25) is 5.91 Å². The van der Waals surface area contributed by atoms with Crippen molar-refractivity contribution in [2.75, 3.05) is 24.4 Å². The first-order valence-corrected chi connectivity index (χ1v) is 9.64. The lowest BCUT2D eigenvalue weighted by Crippen LogP contribution is -2.33. The fraction of sp³-hybridized carbons (Fsp3) is 0.273. The Morgan fingerprint density at radius 3 is 2.35 bits per heavy atom. The Kier molecular flexibility index (Phi) is 8.56. The van der Waals surface area contributed by atoms with E-state index in [1.54, 1.807) is 43.3 Å². The lowest BCUT2D eigenvalue weighted by molar-refractivity contribution is -0.136. The molecule has 0 spiro atoms. The van der Waals surface area contributed by atoms with E-state index in [-0.39, 0.29) is 12.3 Å². The molecule has 0 saturated heterocycles. The van der Waals surface area contributed by atoms with Crippen LogP contribution in [-0.4, -0.2) is 37.1 Å². The normalized spacial score (nSPS) is 10.8. The lowest BCUT2D eigenvalue weighted by Gasteiger charge is -2.10. The molecule has 0 aliphatic heterocycles. The van der Waals surface area contributed by atoms with Crippen LogP contribution >= 0.6 is 0 Å². The molecule has 3 amide bonds. The molecule has 0 unspecified atom stereocenters. The summed E-state index contributed by atoms with van der Waals surface area (Å²) in [6.07, 6.45) is -0.0547. The van der Waals surface area contributed by atoms with E-state index in [0.717, 1.165) is 5.56 Å². The van der Waals surface area contributed by atoms with E-state index >= 15 is 0 Å². The summed E-state index contributed by atoms with van der Waals surface area (Å²) in [4.78, 5) is 36.2. The van der Waals surface area contributed by atoms with Crippen molar-refractivity contribution >= 4 is 34.8 Å². The second-order valence-electron chi connectivity index (χ2n) is 6.63. The smallest absolute Gasteiger partial charge is 0.329 e. The number of ether oxygens (including phenoxy) is 2. The van der Waals surface area contributed by atoms with Crippen molar-refractivity contribution in [2.45, 2.75) is 27.2 Å². The Bertz CT molecular complexity index is 970. The van der Waals surface area contributed by atoms with Gasteiger partial charge in [0.1, 0.15) is 11.5 Å². The first kappa shape index (κ1) is 23.4. The zero-order chi connectivity index (χ0) is 22.8. The van der Waals surface area contributed by atoms with Crippen molar-refractivity contribution in [3.63, 3.8) is 0 Å². The maximum absolute atomic E-state index is 12.1. The second kappa shape index (κ2) is 11.3. The number of rotatable bonds is 8. The summed E-state index contributed by atoms with van der Waals surface area (Å²) in [5.74, 6) is -1.04. The molecule has 31 heavy (non-hydrogen) atoms. The van der Waals surface area contributed by atoms with Gasteiger partial charge in [-0.2, -0.15) is 5.10 Å². The number of nitrogens with one attached hydrogen (secondary N) is 3. The Labute approximate surface area is 180 Å². The highest BCUT2D eigenvalue weighted by Gasteiger charge is 2.16. The number of amides is 3. The summed E-state index contributed by atoms with van der Waals surface area (Å²) in [6, 6.07) is 12.1. The quantitative estimate of drug-likeness (QED) is 0.341. The molecule has 3 N–H and O–H groups in total. The van der Waals surface area contributed by atoms with Crippen LogP contribution < -0.4 is 25.5 Å². The zero-order valence-corrected chi connectivity index (χ0v) is 17.9. The van der Waals surface area contributed by atoms with Crippen molar-refractivity contribution in [3.8, 4) is 11.5 Å². The van der Waals surface area contributed by atoms with Gasteiger partial charge in [-0.1, -0.05) is 6.07 Å². The summed E-state index contributed by atoms with van der Waals surface area (Å²) < 4.78 is 10.5. The van der Waals surface area contributed by atoms with Gasteiger partial charge >= 0.3 is 11.8 Å². The van der Waals surface area contributed by atoms with Crippen LogP contribution in [0.25, 0.3) is 0 Å². The van der Waals surface area contributed by atoms with E-state index in [2.05, 4.69) is 21.2 Å². The summed E-state index contributed by atoms with van der Waals surface area (Å²) in [6.45, 7) is 5.87. The molecule has 0 radical (unpaired) electrons. The molecular weight excluding hydrogens is 400 g/mol. The van der Waals surface area contributed by atoms with E-state index in [1.807, 2.05) is 19.9 Å². The largest absolute Gasteiger partial charge is 0.495 e. The average molecular weight is 426 g/mol. The first-order chi connectivity index (χ1) is 14.8. The molecule has 164 valence electrons. The molecule has 0 fully saturated rings. The monoisotopic (exact) mass is 426 g/mol. The number of aryl methyl sites for hydroxylation is 1. The number of methoxy groups -OCH3 is 1. The summed E-state index contributed by atoms with van der Waals surface area (Å²) >= 11 is 0. The fourth-order valence-electron chi connectivity index (χ4n) is 2.57. The predicted octanol–water partition coefficient (Wildman–Crippen LogP) is 2.86. The zero-order valence-electron chi connectivity index (χ0n) is 17.9. The van der Waals surface area contributed by atoms with Gasteiger partial charge in [0.15, 0.2) is 0 Å². The van der Waals surface area contributed by atoms with Crippen molar-refractivity contribution in [1.29, 1.82) is 0 Å². The Morgan fingerprint density at radius 2 is 1.71 bits per heavy atom. The maximum Gasteiger partial charge on any atom is 0.329 e. The molecule has 2 aromatic carbocycles. The van der Waals surface area contributed by atoms with E-state index in [0.29, 0.717) is 35.2 Å². The number of carbonyl (C=O) groups excluding carboxylic acids is 3. The number of carbonyl (C=O) groups is 3. The van der Waals surface area contributed by atoms with Crippen molar-refractivity contribution in [2.24, 2.45) is 5.10 Å². The highest BCUT2D eigenvalue weighted by molar-refractivity contribution is 6.39. The van der Waals surface area contributed by atoms with Gasteiger partial charge in [0.25, 0.3) is 0 Å². The standard InChI is InChI=1S/C22H26N4O5/c1-5-31-17-9-7-16(8-10-17)23-20(27)13-15(3)25-26-22(29)21(28)24-18-12-14(2)6-11-19(18)30-4/h6-12H,5,13H2,1-4H3,(H,23,27)(H,24,28)(H,26,29)/b25-15+. The maximum atomic E-state index is 12.1. The average Bonchev–Trinajstić information content (AvgIpc) is 2.73. The van der Waals surface area contributed by atoms with Crippen LogP contribution in [0.2, 0.25) is 0 Å². The van der Waals surface area contributed by atoms with E-state index < -0.39 is 11.8 Å². The van der Waals surface area contributed by atoms with Gasteiger partial charge in [-0.25, -0.2) is 5.43 Å². The van der Waals surface area contributed by atoms with Gasteiger partial charge in [-0.15, -0.1) is 0 Å². The third-order valence-corrected chi connectivity index (χ3v) is 4.02. The highest BCUT2D eigenvalue weighted by Crippen LogP contribution is 2.25. The van der Waals surface area contributed by atoms with Gasteiger partial charge in [0, 0.05) is 11.4 Å². The molecule has 0 bridgehead atoms. The molecule has 9 heteroatoms. The molecule has 0 aliphatic rings. The second-order valence-corrected chi connectivity index (χ2v) is 6.63. The molecule has 2 rings (SSSR count). The summed E-state index contributed by atoms with van der Waals surface area (Å²) in [5.41, 5.74) is 4.35. The number of hydrogen-bond donors (Lipinski definition) is 3. The molecule has 0 saturated carbocycles. The number of benzene rings is 2. The van der Waals surface area contributed by atoms with Crippen LogP contribution in [0, 0.1) is 6.92 Å². The van der Waals surface area contributed by atoms with Crippen LogP contribution in [0.4, 0.5) is 11.4 Å². The highest BCUT2D eigenvalue weighted by atomic mass is 16.5. The molecule has 0 atom stereocenters. The summed E-state index contributed by atoms with van der Waals surface area (Å²) in [7, 11) is 1.46. The number of nitrogens with zero attached hydrogens (tertiary/aromatic N) is 1. The lowest BCUT2D eigenvalue weighted by atomic mass is 10.2. The number of hydrazone groups is 1. The summed E-state index contributed by atoms with van der Waals surface area (Å²) in [5, 5.41) is 9.01. The van der Waals surface area contributed by atoms with Gasteiger partial charge in [-0.05, 0) is 62.7 Å². The van der Waals surface area contributed by atoms with Gasteiger partial charge in [0.05, 0.1) is 25.8 Å². The van der Waals surface area contributed by atoms with E-state index in [4.69, 9.17) is 9.47 Å². The van der Waals surface area contributed by atoms with Crippen molar-refractivity contribution in [3.05, 3.63) is 48.0 Å². The van der Waals surface area contributed by atoms with Gasteiger partial charge < -0.3 is 20.1 Å². The SMILES string of the molecule is CCOc1ccc(NC(=O)C/C(C)=N/NC(=O)C(=O)Nc2cc(C)ccc2OC)cc1. The minimum absolute atomic E-state index is 0.0547. The third kappa shape index (κ3) is 7.46. The molecule has 0 aliphatic carbocycles.